The molecule has 2 heterocycles. The van der Waals surface area contributed by atoms with E-state index >= 15 is 0 Å². The first-order valence-electron chi connectivity index (χ1n) is 4.14. The molecule has 12 heavy (non-hydrogen) atoms. The zero-order valence-electron chi connectivity index (χ0n) is 7.65. The van der Waals surface area contributed by atoms with Crippen molar-refractivity contribution in [3.63, 3.8) is 0 Å². The van der Waals surface area contributed by atoms with Crippen LogP contribution < -0.4 is 0 Å². The lowest BCUT2D eigenvalue weighted by atomic mass is 10.5. The van der Waals surface area contributed by atoms with Crippen LogP contribution in [-0.2, 0) is 0 Å². The third-order valence-electron chi connectivity index (χ3n) is 1.48. The summed E-state index contributed by atoms with van der Waals surface area (Å²) in [6.07, 6.45) is 1.95. The summed E-state index contributed by atoms with van der Waals surface area (Å²) in [4.78, 5) is 0. The quantitative estimate of drug-likeness (QED) is 0.595. The third-order valence-corrected chi connectivity index (χ3v) is 1.48. The van der Waals surface area contributed by atoms with Gasteiger partial charge in [0.1, 0.15) is 5.82 Å². The summed E-state index contributed by atoms with van der Waals surface area (Å²) < 4.78 is 1.94. The molecule has 0 aliphatic carbocycles. The highest BCUT2D eigenvalue weighted by molar-refractivity contribution is 5.36. The summed E-state index contributed by atoms with van der Waals surface area (Å²) in [7, 11) is 0. The summed E-state index contributed by atoms with van der Waals surface area (Å²) >= 11 is 0. The van der Waals surface area contributed by atoms with Crippen LogP contribution in [-0.4, -0.2) is 14.6 Å². The zero-order valence-corrected chi connectivity index (χ0v) is 7.65. The van der Waals surface area contributed by atoms with Crippen molar-refractivity contribution in [1.82, 2.24) is 14.6 Å². The van der Waals surface area contributed by atoms with E-state index < -0.39 is 0 Å². The largest absolute Gasteiger partial charge is 0.287 e. The molecule has 0 unspecified atom stereocenters. The second-order valence-electron chi connectivity index (χ2n) is 2.18. The number of aryl methyl sites for hydroxylation is 1. The van der Waals surface area contributed by atoms with Crippen molar-refractivity contribution in [3.8, 4) is 0 Å². The molecular formula is C9H13N3. The summed E-state index contributed by atoms with van der Waals surface area (Å²) in [5, 5.41) is 7.84. The van der Waals surface area contributed by atoms with Gasteiger partial charge in [-0.15, -0.1) is 10.2 Å². The van der Waals surface area contributed by atoms with Gasteiger partial charge in [0.05, 0.1) is 0 Å². The molecule has 0 aliphatic heterocycles. The highest BCUT2D eigenvalue weighted by Crippen LogP contribution is 1.99. The minimum atomic E-state index is 0.903. The predicted octanol–water partition coefficient (Wildman–Crippen LogP) is 2.06. The van der Waals surface area contributed by atoms with E-state index in [1.807, 2.05) is 49.6 Å². The number of pyridine rings is 1. The number of nitrogens with zero attached hydrogens (tertiary/aromatic N) is 3. The maximum atomic E-state index is 3.93. The fraction of sp³-hybridized carbons (Fsp3) is 0.333. The maximum Gasteiger partial charge on any atom is 0.160 e. The molecule has 0 N–H and O–H groups in total. The molecule has 0 spiro atoms. The average molecular weight is 163 g/mol. The molecule has 2 aromatic heterocycles. The lowest BCUT2D eigenvalue weighted by Gasteiger charge is -1.89. The van der Waals surface area contributed by atoms with Crippen molar-refractivity contribution in [2.24, 2.45) is 0 Å². The van der Waals surface area contributed by atoms with E-state index in [-0.39, 0.29) is 0 Å². The zero-order chi connectivity index (χ0) is 8.97. The highest BCUT2D eigenvalue weighted by atomic mass is 15.2. The molecule has 0 aliphatic rings. The Morgan fingerprint density at radius 3 is 2.58 bits per heavy atom. The van der Waals surface area contributed by atoms with Gasteiger partial charge in [-0.05, 0) is 19.1 Å². The molecule has 2 aromatic rings. The van der Waals surface area contributed by atoms with Crippen molar-refractivity contribution < 1.29 is 0 Å². The topological polar surface area (TPSA) is 30.2 Å². The molecule has 0 bridgehead atoms. The van der Waals surface area contributed by atoms with E-state index in [1.54, 1.807) is 0 Å². The van der Waals surface area contributed by atoms with Gasteiger partial charge in [-0.2, -0.15) is 0 Å². The van der Waals surface area contributed by atoms with Gasteiger partial charge < -0.3 is 0 Å². The Morgan fingerprint density at radius 1 is 1.17 bits per heavy atom. The molecule has 0 saturated carbocycles. The number of aromatic nitrogens is 3. The molecule has 0 saturated heterocycles. The lowest BCUT2D eigenvalue weighted by Crippen LogP contribution is -1.84. The Balaban J connectivity index is 0.000000336. The van der Waals surface area contributed by atoms with Crippen LogP contribution >= 0.6 is 0 Å². The molecule has 3 nitrogen and oxygen atoms in total. The maximum absolute atomic E-state index is 3.93. The molecule has 3 heteroatoms. The fourth-order valence-corrected chi connectivity index (χ4v) is 0.961. The van der Waals surface area contributed by atoms with E-state index in [1.165, 1.54) is 0 Å². The molecular weight excluding hydrogens is 150 g/mol. The molecule has 0 amide bonds. The van der Waals surface area contributed by atoms with E-state index in [0.29, 0.717) is 0 Å². The van der Waals surface area contributed by atoms with Crippen LogP contribution in [0.4, 0.5) is 0 Å². The first-order valence-corrected chi connectivity index (χ1v) is 4.14. The first kappa shape index (κ1) is 8.71. The normalized spacial score (nSPS) is 9.25. The van der Waals surface area contributed by atoms with Crippen LogP contribution in [0.3, 0.4) is 0 Å². The molecule has 64 valence electrons. The van der Waals surface area contributed by atoms with Gasteiger partial charge in [0.15, 0.2) is 5.65 Å². The second kappa shape index (κ2) is 3.85. The van der Waals surface area contributed by atoms with Crippen molar-refractivity contribution >= 4 is 5.65 Å². The van der Waals surface area contributed by atoms with Crippen LogP contribution in [0.15, 0.2) is 24.4 Å². The van der Waals surface area contributed by atoms with Gasteiger partial charge in [0.25, 0.3) is 0 Å². The minimum absolute atomic E-state index is 0.903. The van der Waals surface area contributed by atoms with Gasteiger partial charge in [-0.1, -0.05) is 19.9 Å². The number of hydrogen-bond donors (Lipinski definition) is 0. The molecule has 2 rings (SSSR count). The van der Waals surface area contributed by atoms with Gasteiger partial charge in [-0.25, -0.2) is 0 Å². The Morgan fingerprint density at radius 2 is 1.92 bits per heavy atom. The Kier molecular flexibility index (Phi) is 2.80. The van der Waals surface area contributed by atoms with Crippen molar-refractivity contribution in [2.75, 3.05) is 0 Å². The van der Waals surface area contributed by atoms with Gasteiger partial charge in [-0.3, -0.25) is 4.40 Å². The van der Waals surface area contributed by atoms with Gasteiger partial charge in [0, 0.05) is 6.20 Å². The number of rotatable bonds is 0. The van der Waals surface area contributed by atoms with Crippen LogP contribution in [0.2, 0.25) is 0 Å². The summed E-state index contributed by atoms with van der Waals surface area (Å²) in [5.74, 6) is 0.926. The number of hydrogen-bond acceptors (Lipinski definition) is 2. The summed E-state index contributed by atoms with van der Waals surface area (Å²) in [6.45, 7) is 5.93. The molecule has 0 radical (unpaired) electrons. The first-order chi connectivity index (χ1) is 5.88. The van der Waals surface area contributed by atoms with E-state index in [4.69, 9.17) is 0 Å². The van der Waals surface area contributed by atoms with Crippen molar-refractivity contribution in [3.05, 3.63) is 30.2 Å². The van der Waals surface area contributed by atoms with E-state index in [2.05, 4.69) is 10.2 Å². The van der Waals surface area contributed by atoms with Crippen molar-refractivity contribution in [2.45, 2.75) is 20.8 Å². The average Bonchev–Trinajstić information content (AvgIpc) is 2.53. The summed E-state index contributed by atoms with van der Waals surface area (Å²) in [5.41, 5.74) is 0.903. The van der Waals surface area contributed by atoms with E-state index in [9.17, 15) is 0 Å². The smallest absolute Gasteiger partial charge is 0.160 e. The minimum Gasteiger partial charge on any atom is -0.287 e. The number of fused-ring (bicyclic) bond motifs is 1. The molecule has 0 atom stereocenters. The molecule has 0 aromatic carbocycles. The Labute approximate surface area is 72.1 Å². The lowest BCUT2D eigenvalue weighted by molar-refractivity contribution is 1.01. The monoisotopic (exact) mass is 163 g/mol. The summed E-state index contributed by atoms with van der Waals surface area (Å²) in [6, 6.07) is 5.84. The Bertz CT molecular complexity index is 351. The van der Waals surface area contributed by atoms with Crippen LogP contribution in [0.1, 0.15) is 19.7 Å². The Hall–Kier alpha value is -1.38. The van der Waals surface area contributed by atoms with E-state index in [0.717, 1.165) is 11.5 Å². The SMILES string of the molecule is CC.Cc1nnc2ccccn12. The standard InChI is InChI=1S/C7H7N3.C2H6/c1-6-8-9-7-4-2-3-5-10(6)7;1-2/h2-5H,1H3;1-2H3. The van der Waals surface area contributed by atoms with Gasteiger partial charge in [0.2, 0.25) is 0 Å². The van der Waals surface area contributed by atoms with Crippen LogP contribution in [0.25, 0.3) is 5.65 Å². The second-order valence-corrected chi connectivity index (χ2v) is 2.18. The van der Waals surface area contributed by atoms with Gasteiger partial charge >= 0.3 is 0 Å². The highest BCUT2D eigenvalue weighted by Gasteiger charge is 1.95. The van der Waals surface area contributed by atoms with Crippen LogP contribution in [0.5, 0.6) is 0 Å². The third kappa shape index (κ3) is 1.44. The van der Waals surface area contributed by atoms with Crippen LogP contribution in [0, 0.1) is 6.92 Å². The fourth-order valence-electron chi connectivity index (χ4n) is 0.961. The predicted molar refractivity (Wildman–Crippen MR) is 49.1 cm³/mol. The molecule has 0 fully saturated rings. The van der Waals surface area contributed by atoms with Crippen molar-refractivity contribution in [1.29, 1.82) is 0 Å².